The van der Waals surface area contributed by atoms with E-state index in [9.17, 15) is 9.59 Å². The van der Waals surface area contributed by atoms with E-state index < -0.39 is 17.8 Å². The van der Waals surface area contributed by atoms with Gasteiger partial charge in [-0.3, -0.25) is 9.59 Å². The third-order valence-electron chi connectivity index (χ3n) is 4.73. The number of benzene rings is 2. The summed E-state index contributed by atoms with van der Waals surface area (Å²) in [5.41, 5.74) is 3.43. The van der Waals surface area contributed by atoms with Gasteiger partial charge in [0.15, 0.2) is 11.5 Å². The van der Waals surface area contributed by atoms with Crippen LogP contribution < -0.4 is 14.8 Å². The number of rotatable bonds is 3. The number of hydrogen-bond donors (Lipinski definition) is 1. The Bertz CT molecular complexity index is 875. The van der Waals surface area contributed by atoms with E-state index in [-0.39, 0.29) is 19.3 Å². The van der Waals surface area contributed by atoms with Crippen LogP contribution in [0.5, 0.6) is 11.5 Å². The van der Waals surface area contributed by atoms with Crippen LogP contribution in [0.15, 0.2) is 36.4 Å². The van der Waals surface area contributed by atoms with Crippen molar-refractivity contribution in [3.63, 3.8) is 0 Å². The molecule has 2 aromatic rings. The van der Waals surface area contributed by atoms with Crippen LogP contribution in [0, 0.1) is 12.8 Å². The molecule has 2 heterocycles. The highest BCUT2D eigenvalue weighted by molar-refractivity contribution is 6.08. The number of amides is 1. The molecule has 2 atom stereocenters. The molecule has 134 valence electrons. The highest BCUT2D eigenvalue weighted by Crippen LogP contribution is 2.47. The van der Waals surface area contributed by atoms with Gasteiger partial charge in [0.25, 0.3) is 0 Å². The van der Waals surface area contributed by atoms with Crippen molar-refractivity contribution in [2.45, 2.75) is 19.8 Å². The molecule has 1 N–H and O–H groups in total. The Morgan fingerprint density at radius 1 is 1.19 bits per heavy atom. The average Bonchev–Trinajstić information content (AvgIpc) is 3.07. The van der Waals surface area contributed by atoms with E-state index in [2.05, 4.69) is 5.32 Å². The molecular formula is C20H19NO5. The molecule has 1 amide bonds. The van der Waals surface area contributed by atoms with Crippen molar-refractivity contribution in [1.82, 2.24) is 0 Å². The zero-order valence-electron chi connectivity index (χ0n) is 14.6. The summed E-state index contributed by atoms with van der Waals surface area (Å²) in [6.45, 7) is 4.08. The second kappa shape index (κ2) is 6.37. The monoisotopic (exact) mass is 353 g/mol. The van der Waals surface area contributed by atoms with Crippen LogP contribution in [0.4, 0.5) is 5.69 Å². The van der Waals surface area contributed by atoms with Crippen LogP contribution >= 0.6 is 0 Å². The van der Waals surface area contributed by atoms with Gasteiger partial charge in [0, 0.05) is 17.7 Å². The third kappa shape index (κ3) is 2.67. The lowest BCUT2D eigenvalue weighted by Gasteiger charge is -2.32. The fourth-order valence-corrected chi connectivity index (χ4v) is 3.49. The molecule has 0 aromatic heterocycles. The minimum atomic E-state index is -0.953. The molecule has 0 radical (unpaired) electrons. The van der Waals surface area contributed by atoms with Crippen molar-refractivity contribution < 1.29 is 23.8 Å². The van der Waals surface area contributed by atoms with Gasteiger partial charge in [-0.15, -0.1) is 0 Å². The highest BCUT2D eigenvalue weighted by Gasteiger charge is 2.43. The van der Waals surface area contributed by atoms with Crippen LogP contribution in [0.25, 0.3) is 0 Å². The summed E-state index contributed by atoms with van der Waals surface area (Å²) in [7, 11) is 0. The first-order valence-electron chi connectivity index (χ1n) is 8.56. The second-order valence-corrected chi connectivity index (χ2v) is 6.40. The Morgan fingerprint density at radius 2 is 1.88 bits per heavy atom. The summed E-state index contributed by atoms with van der Waals surface area (Å²) >= 11 is 0. The van der Waals surface area contributed by atoms with Gasteiger partial charge in [-0.1, -0.05) is 29.8 Å². The molecule has 6 heteroatoms. The molecule has 2 aliphatic rings. The Hall–Kier alpha value is -3.02. The van der Waals surface area contributed by atoms with E-state index in [1.165, 1.54) is 0 Å². The van der Waals surface area contributed by atoms with Crippen molar-refractivity contribution in [3.05, 3.63) is 53.1 Å². The molecular weight excluding hydrogens is 334 g/mol. The second-order valence-electron chi connectivity index (χ2n) is 6.40. The van der Waals surface area contributed by atoms with Crippen LogP contribution in [0.2, 0.25) is 0 Å². The number of esters is 1. The van der Waals surface area contributed by atoms with E-state index in [1.54, 1.807) is 13.0 Å². The molecule has 6 nitrogen and oxygen atoms in total. The Labute approximate surface area is 151 Å². The van der Waals surface area contributed by atoms with Crippen molar-refractivity contribution >= 4 is 17.6 Å². The number of anilines is 1. The minimum Gasteiger partial charge on any atom is -0.465 e. The molecule has 2 unspecified atom stereocenters. The van der Waals surface area contributed by atoms with E-state index >= 15 is 0 Å². The van der Waals surface area contributed by atoms with Crippen molar-refractivity contribution in [3.8, 4) is 11.5 Å². The Balaban J connectivity index is 1.87. The van der Waals surface area contributed by atoms with Gasteiger partial charge in [0.2, 0.25) is 12.7 Å². The maximum absolute atomic E-state index is 12.7. The van der Waals surface area contributed by atoms with Gasteiger partial charge in [-0.2, -0.15) is 0 Å². The molecule has 0 saturated carbocycles. The van der Waals surface area contributed by atoms with Crippen molar-refractivity contribution in [2.24, 2.45) is 5.92 Å². The van der Waals surface area contributed by atoms with Gasteiger partial charge < -0.3 is 19.5 Å². The lowest BCUT2D eigenvalue weighted by atomic mass is 9.76. The van der Waals surface area contributed by atoms with Crippen LogP contribution in [-0.4, -0.2) is 25.3 Å². The molecule has 4 rings (SSSR count). The topological polar surface area (TPSA) is 73.9 Å². The summed E-state index contributed by atoms with van der Waals surface area (Å²) < 4.78 is 16.1. The molecule has 0 aliphatic carbocycles. The largest absolute Gasteiger partial charge is 0.465 e. The van der Waals surface area contributed by atoms with Gasteiger partial charge in [0.1, 0.15) is 5.92 Å². The Kier molecular flexibility index (Phi) is 4.03. The van der Waals surface area contributed by atoms with E-state index in [4.69, 9.17) is 14.2 Å². The van der Waals surface area contributed by atoms with Gasteiger partial charge in [-0.25, -0.2) is 0 Å². The van der Waals surface area contributed by atoms with Gasteiger partial charge in [-0.05, 0) is 31.0 Å². The first-order chi connectivity index (χ1) is 12.6. The average molecular weight is 353 g/mol. The van der Waals surface area contributed by atoms with Gasteiger partial charge >= 0.3 is 5.97 Å². The van der Waals surface area contributed by atoms with Crippen LogP contribution in [0.1, 0.15) is 29.5 Å². The zero-order valence-corrected chi connectivity index (χ0v) is 14.6. The SMILES string of the molecule is CCOC(=O)C1C(=O)Nc2cc3c(cc2C1c1ccc(C)cc1)OCO3. The number of hydrogen-bond acceptors (Lipinski definition) is 5. The standard InChI is InChI=1S/C20H19NO5/c1-3-24-20(23)18-17(12-6-4-11(2)5-7-12)13-8-15-16(26-10-25-15)9-14(13)21-19(18)22/h4-9,17-18H,3,10H2,1-2H3,(H,21,22). The number of carbonyl (C=O) groups is 2. The normalized spacial score (nSPS) is 20.3. The number of aryl methyl sites for hydroxylation is 1. The van der Waals surface area contributed by atoms with E-state index in [0.717, 1.165) is 16.7 Å². The summed E-state index contributed by atoms with van der Waals surface area (Å²) in [6, 6.07) is 11.4. The van der Waals surface area contributed by atoms with Crippen molar-refractivity contribution in [1.29, 1.82) is 0 Å². The minimum absolute atomic E-state index is 0.142. The molecule has 0 saturated heterocycles. The fraction of sp³-hybridized carbons (Fsp3) is 0.300. The molecule has 26 heavy (non-hydrogen) atoms. The molecule has 0 spiro atoms. The molecule has 2 aromatic carbocycles. The maximum Gasteiger partial charge on any atom is 0.319 e. The quantitative estimate of drug-likeness (QED) is 0.678. The zero-order chi connectivity index (χ0) is 18.3. The third-order valence-corrected chi connectivity index (χ3v) is 4.73. The van der Waals surface area contributed by atoms with E-state index in [1.807, 2.05) is 37.3 Å². The molecule has 0 fully saturated rings. The summed E-state index contributed by atoms with van der Waals surface area (Å²) in [5, 5.41) is 2.81. The van der Waals surface area contributed by atoms with Crippen molar-refractivity contribution in [2.75, 3.05) is 18.7 Å². The molecule has 2 aliphatic heterocycles. The summed E-state index contributed by atoms with van der Waals surface area (Å²) in [4.78, 5) is 25.3. The predicted molar refractivity (Wildman–Crippen MR) is 94.3 cm³/mol. The lowest BCUT2D eigenvalue weighted by molar-refractivity contribution is -0.151. The number of nitrogens with one attached hydrogen (secondary N) is 1. The number of ether oxygens (including phenoxy) is 3. The molecule has 0 bridgehead atoms. The maximum atomic E-state index is 12.7. The fourth-order valence-electron chi connectivity index (χ4n) is 3.49. The number of carbonyl (C=O) groups excluding carboxylic acids is 2. The van der Waals surface area contributed by atoms with Gasteiger partial charge in [0.05, 0.1) is 6.61 Å². The number of fused-ring (bicyclic) bond motifs is 2. The highest BCUT2D eigenvalue weighted by atomic mass is 16.7. The van der Waals surface area contributed by atoms with E-state index in [0.29, 0.717) is 17.2 Å². The summed E-state index contributed by atoms with van der Waals surface area (Å²) in [6.07, 6.45) is 0. The Morgan fingerprint density at radius 3 is 2.58 bits per heavy atom. The lowest BCUT2D eigenvalue weighted by Crippen LogP contribution is -2.40. The summed E-state index contributed by atoms with van der Waals surface area (Å²) in [5.74, 6) is -1.11. The van der Waals surface area contributed by atoms with Crippen LogP contribution in [0.3, 0.4) is 0 Å². The first kappa shape index (κ1) is 16.4. The predicted octanol–water partition coefficient (Wildman–Crippen LogP) is 2.99. The smallest absolute Gasteiger partial charge is 0.319 e. The first-order valence-corrected chi connectivity index (χ1v) is 8.56. The van der Waals surface area contributed by atoms with Crippen LogP contribution in [-0.2, 0) is 14.3 Å².